The van der Waals surface area contributed by atoms with Crippen molar-refractivity contribution in [3.63, 3.8) is 0 Å². The number of nitrogens with zero attached hydrogens (tertiary/aromatic N) is 1. The molecule has 0 saturated carbocycles. The molecule has 0 radical (unpaired) electrons. The zero-order valence-corrected chi connectivity index (χ0v) is 15.6. The zero-order valence-electron chi connectivity index (χ0n) is 14.8. The molecule has 1 amide bonds. The maximum absolute atomic E-state index is 12.8. The van der Waals surface area contributed by atoms with Gasteiger partial charge in [0.05, 0.1) is 4.90 Å². The molecule has 1 fully saturated rings. The summed E-state index contributed by atoms with van der Waals surface area (Å²) < 4.78 is 27.2. The molecule has 5 nitrogen and oxygen atoms in total. The summed E-state index contributed by atoms with van der Waals surface area (Å²) in [6.45, 7) is 7.13. The van der Waals surface area contributed by atoms with Crippen LogP contribution in [0.1, 0.15) is 56.8 Å². The lowest BCUT2D eigenvalue weighted by atomic mass is 10.1. The number of sulfonamides is 1. The molecule has 1 atom stereocenters. The lowest BCUT2D eigenvalue weighted by Crippen LogP contribution is -2.36. The molecule has 6 heteroatoms. The molecule has 24 heavy (non-hydrogen) atoms. The van der Waals surface area contributed by atoms with Crippen LogP contribution >= 0.6 is 0 Å². The van der Waals surface area contributed by atoms with Crippen LogP contribution in [0.4, 0.5) is 0 Å². The molecule has 1 aromatic carbocycles. The predicted molar refractivity (Wildman–Crippen MR) is 95.4 cm³/mol. The van der Waals surface area contributed by atoms with E-state index in [1.54, 1.807) is 22.5 Å². The highest BCUT2D eigenvalue weighted by atomic mass is 32.2. The average Bonchev–Trinajstić information content (AvgIpc) is 2.84. The molecule has 1 saturated heterocycles. The average molecular weight is 353 g/mol. The summed E-state index contributed by atoms with van der Waals surface area (Å²) in [6, 6.07) is 6.39. The van der Waals surface area contributed by atoms with Crippen molar-refractivity contribution in [2.24, 2.45) is 5.92 Å². The lowest BCUT2D eigenvalue weighted by Gasteiger charge is -2.21. The van der Waals surface area contributed by atoms with Crippen LogP contribution in [0.5, 0.6) is 0 Å². The van der Waals surface area contributed by atoms with Gasteiger partial charge >= 0.3 is 0 Å². The Bertz CT molecular complexity index is 663. The Balaban J connectivity index is 2.21. The van der Waals surface area contributed by atoms with Crippen molar-refractivity contribution in [1.82, 2.24) is 9.62 Å². The van der Waals surface area contributed by atoms with E-state index in [-0.39, 0.29) is 16.8 Å². The Kier molecular flexibility index (Phi) is 6.40. The van der Waals surface area contributed by atoms with E-state index in [2.05, 4.69) is 5.32 Å². The lowest BCUT2D eigenvalue weighted by molar-refractivity contribution is 0.0930. The first-order valence-electron chi connectivity index (χ1n) is 8.73. The van der Waals surface area contributed by atoms with Crippen molar-refractivity contribution < 1.29 is 13.2 Å². The Morgan fingerprint density at radius 2 is 1.71 bits per heavy atom. The van der Waals surface area contributed by atoms with Crippen LogP contribution < -0.4 is 5.32 Å². The van der Waals surface area contributed by atoms with Gasteiger partial charge in [-0.05, 0) is 43.9 Å². The van der Waals surface area contributed by atoms with Crippen molar-refractivity contribution in [2.75, 3.05) is 13.1 Å². The Morgan fingerprint density at radius 3 is 2.29 bits per heavy atom. The monoisotopic (exact) mass is 352 g/mol. The van der Waals surface area contributed by atoms with E-state index < -0.39 is 10.0 Å². The zero-order chi connectivity index (χ0) is 17.7. The van der Waals surface area contributed by atoms with Gasteiger partial charge in [0, 0.05) is 24.7 Å². The van der Waals surface area contributed by atoms with Crippen molar-refractivity contribution in [3.05, 3.63) is 29.8 Å². The Morgan fingerprint density at radius 1 is 1.08 bits per heavy atom. The highest BCUT2D eigenvalue weighted by molar-refractivity contribution is 7.89. The van der Waals surface area contributed by atoms with Gasteiger partial charge in [-0.3, -0.25) is 4.79 Å². The van der Waals surface area contributed by atoms with Gasteiger partial charge in [-0.25, -0.2) is 8.42 Å². The van der Waals surface area contributed by atoms with Crippen LogP contribution in [-0.4, -0.2) is 37.8 Å². The molecule has 1 N–H and O–H groups in total. The molecule has 0 aromatic heterocycles. The highest BCUT2D eigenvalue weighted by Crippen LogP contribution is 2.21. The highest BCUT2D eigenvalue weighted by Gasteiger charge is 2.26. The van der Waals surface area contributed by atoms with Crippen LogP contribution in [0.2, 0.25) is 0 Å². The van der Waals surface area contributed by atoms with E-state index in [0.717, 1.165) is 25.7 Å². The molecular weight excluding hydrogens is 324 g/mol. The summed E-state index contributed by atoms with van der Waals surface area (Å²) in [7, 11) is -3.53. The first-order chi connectivity index (χ1) is 11.3. The van der Waals surface area contributed by atoms with Crippen molar-refractivity contribution in [3.8, 4) is 0 Å². The number of rotatable bonds is 5. The normalized spacial score (nSPS) is 18.2. The van der Waals surface area contributed by atoms with Gasteiger partial charge in [0.2, 0.25) is 10.0 Å². The maximum Gasteiger partial charge on any atom is 0.251 e. The van der Waals surface area contributed by atoms with Gasteiger partial charge in [-0.15, -0.1) is 0 Å². The second-order valence-electron chi connectivity index (χ2n) is 6.85. The molecular formula is C18H28N2O3S. The van der Waals surface area contributed by atoms with E-state index in [9.17, 15) is 13.2 Å². The quantitative estimate of drug-likeness (QED) is 0.886. The largest absolute Gasteiger partial charge is 0.349 e. The molecule has 0 unspecified atom stereocenters. The fraction of sp³-hybridized carbons (Fsp3) is 0.611. The van der Waals surface area contributed by atoms with Gasteiger partial charge in [-0.2, -0.15) is 4.31 Å². The molecule has 134 valence electrons. The van der Waals surface area contributed by atoms with E-state index in [1.165, 1.54) is 6.07 Å². The number of hydrogen-bond acceptors (Lipinski definition) is 3. The van der Waals surface area contributed by atoms with Crippen LogP contribution in [0.15, 0.2) is 29.2 Å². The van der Waals surface area contributed by atoms with E-state index in [1.807, 2.05) is 20.8 Å². The third-order valence-corrected chi connectivity index (χ3v) is 6.55. The number of carbonyl (C=O) groups is 1. The van der Waals surface area contributed by atoms with E-state index in [4.69, 9.17) is 0 Å². The fourth-order valence-electron chi connectivity index (χ4n) is 2.69. The third kappa shape index (κ3) is 4.57. The van der Waals surface area contributed by atoms with Crippen molar-refractivity contribution >= 4 is 15.9 Å². The predicted octanol–water partition coefficient (Wildman–Crippen LogP) is 3.03. The number of carbonyl (C=O) groups excluding carboxylic acids is 1. The SMILES string of the molecule is CC(C)[C@@H](C)NC(=O)c1cccc(S(=O)(=O)N2CCCCCC2)c1. The molecule has 1 aromatic rings. The van der Waals surface area contributed by atoms with Crippen LogP contribution in [0.25, 0.3) is 0 Å². The topological polar surface area (TPSA) is 66.5 Å². The van der Waals surface area contributed by atoms with E-state index in [0.29, 0.717) is 24.6 Å². The molecule has 0 aliphatic carbocycles. The van der Waals surface area contributed by atoms with Crippen LogP contribution in [0, 0.1) is 5.92 Å². The number of nitrogens with one attached hydrogen (secondary N) is 1. The summed E-state index contributed by atoms with van der Waals surface area (Å²) in [6.07, 6.45) is 3.93. The fourth-order valence-corrected chi connectivity index (χ4v) is 4.25. The minimum Gasteiger partial charge on any atom is -0.349 e. The molecule has 1 heterocycles. The van der Waals surface area contributed by atoms with E-state index >= 15 is 0 Å². The molecule has 1 aliphatic heterocycles. The van der Waals surface area contributed by atoms with Gasteiger partial charge in [0.1, 0.15) is 0 Å². The van der Waals surface area contributed by atoms with Crippen LogP contribution in [-0.2, 0) is 10.0 Å². The van der Waals surface area contributed by atoms with Gasteiger partial charge in [0.15, 0.2) is 0 Å². The van der Waals surface area contributed by atoms with Crippen LogP contribution in [0.3, 0.4) is 0 Å². The third-order valence-electron chi connectivity index (χ3n) is 4.66. The number of amides is 1. The first-order valence-corrected chi connectivity index (χ1v) is 10.2. The van der Waals surface area contributed by atoms with Gasteiger partial charge < -0.3 is 5.32 Å². The van der Waals surface area contributed by atoms with Crippen molar-refractivity contribution in [2.45, 2.75) is 57.4 Å². The number of hydrogen-bond donors (Lipinski definition) is 1. The van der Waals surface area contributed by atoms with Crippen molar-refractivity contribution in [1.29, 1.82) is 0 Å². The first kappa shape index (κ1) is 18.9. The summed E-state index contributed by atoms with van der Waals surface area (Å²) >= 11 is 0. The smallest absolute Gasteiger partial charge is 0.251 e. The second-order valence-corrected chi connectivity index (χ2v) is 8.79. The second kappa shape index (κ2) is 8.12. The Hall–Kier alpha value is -1.40. The maximum atomic E-state index is 12.8. The minimum absolute atomic E-state index is 0.0309. The molecule has 0 bridgehead atoms. The summed E-state index contributed by atoms with van der Waals surface area (Å²) in [5.41, 5.74) is 0.387. The molecule has 0 spiro atoms. The van der Waals surface area contributed by atoms with Gasteiger partial charge in [0.25, 0.3) is 5.91 Å². The van der Waals surface area contributed by atoms with Gasteiger partial charge in [-0.1, -0.05) is 32.8 Å². The summed E-state index contributed by atoms with van der Waals surface area (Å²) in [5, 5.41) is 2.92. The minimum atomic E-state index is -3.53. The molecule has 2 rings (SSSR count). The standard InChI is InChI=1S/C18H28N2O3S/c1-14(2)15(3)19-18(21)16-9-8-10-17(13-16)24(22,23)20-11-6-4-5-7-12-20/h8-10,13-15H,4-7,11-12H2,1-3H3,(H,19,21)/t15-/m1/s1. The number of benzene rings is 1. The molecule has 1 aliphatic rings. The summed E-state index contributed by atoms with van der Waals surface area (Å²) in [5.74, 6) is 0.0853. The summed E-state index contributed by atoms with van der Waals surface area (Å²) in [4.78, 5) is 12.6. The Labute approximate surface area is 145 Å².